The van der Waals surface area contributed by atoms with E-state index < -0.39 is 16.0 Å². The van der Waals surface area contributed by atoms with Crippen molar-refractivity contribution < 1.29 is 18.3 Å². The number of fused-ring (bicyclic) bond motifs is 1. The van der Waals surface area contributed by atoms with Crippen molar-refractivity contribution in [2.24, 2.45) is 0 Å². The van der Waals surface area contributed by atoms with Gasteiger partial charge in [-0.3, -0.25) is 4.31 Å². The van der Waals surface area contributed by atoms with E-state index in [9.17, 15) is 18.3 Å². The van der Waals surface area contributed by atoms with E-state index in [0.29, 0.717) is 24.3 Å². The molecule has 5 rings (SSSR count). The molecule has 0 amide bonds. The molecule has 5 aromatic rings. The molecule has 0 radical (unpaired) electrons. The Kier molecular flexibility index (Phi) is 9.80. The average molecular weight is 610 g/mol. The molecule has 0 aliphatic rings. The zero-order valence-corrected chi connectivity index (χ0v) is 26.1. The molecule has 0 spiro atoms. The number of anilines is 1. The molecule has 1 heterocycles. The van der Waals surface area contributed by atoms with E-state index in [4.69, 9.17) is 4.98 Å². The van der Waals surface area contributed by atoms with Gasteiger partial charge >= 0.3 is 5.97 Å². The van der Waals surface area contributed by atoms with Gasteiger partial charge in [0.15, 0.2) is 0 Å². The zero-order chi connectivity index (χ0) is 31.1. The first-order valence-corrected chi connectivity index (χ1v) is 16.8. The standard InChI is InChI=1S/C36H39N3O4S/c1-3-5-12-24-39(44(42,43)30-13-8-7-9-14-30)29-22-23-33-34(25-29)38(35(37-33)17-6-4-2)26-27-18-20-28(21-19-27)31-15-10-11-16-32(31)36(40)41/h7-11,13-16,18-23,25H,3-6,12,17,24,26H2,1-2H3,(H,40,41). The number of rotatable bonds is 14. The van der Waals surface area contributed by atoms with Crippen LogP contribution >= 0.6 is 0 Å². The fourth-order valence-electron chi connectivity index (χ4n) is 5.53. The predicted octanol–water partition coefficient (Wildman–Crippen LogP) is 8.18. The monoisotopic (exact) mass is 609 g/mol. The number of aromatic carboxylic acids is 1. The number of hydrogen-bond acceptors (Lipinski definition) is 4. The number of benzene rings is 4. The lowest BCUT2D eigenvalue weighted by Crippen LogP contribution is -2.32. The summed E-state index contributed by atoms with van der Waals surface area (Å²) in [7, 11) is -3.76. The number of imidazole rings is 1. The fourth-order valence-corrected chi connectivity index (χ4v) is 7.04. The summed E-state index contributed by atoms with van der Waals surface area (Å²) in [4.78, 5) is 17.0. The number of carboxylic acid groups (broad SMARTS) is 1. The lowest BCUT2D eigenvalue weighted by atomic mass is 9.99. The van der Waals surface area contributed by atoms with Crippen LogP contribution in [0.1, 0.15) is 67.7 Å². The van der Waals surface area contributed by atoms with Gasteiger partial charge in [0.25, 0.3) is 10.0 Å². The van der Waals surface area contributed by atoms with Crippen LogP contribution in [0.25, 0.3) is 22.2 Å². The third kappa shape index (κ3) is 6.70. The minimum atomic E-state index is -3.76. The normalized spacial score (nSPS) is 11.6. The molecule has 0 bridgehead atoms. The molecule has 7 nitrogen and oxygen atoms in total. The number of unbranched alkanes of at least 4 members (excludes halogenated alkanes) is 3. The molecule has 0 aliphatic carbocycles. The van der Waals surface area contributed by atoms with Crippen molar-refractivity contribution in [3.05, 3.63) is 114 Å². The van der Waals surface area contributed by atoms with Crippen LogP contribution in [0.15, 0.2) is 102 Å². The van der Waals surface area contributed by atoms with Crippen molar-refractivity contribution in [3.8, 4) is 11.1 Å². The number of nitrogens with zero attached hydrogens (tertiary/aromatic N) is 3. The van der Waals surface area contributed by atoms with Crippen LogP contribution in [0.3, 0.4) is 0 Å². The molecule has 0 atom stereocenters. The van der Waals surface area contributed by atoms with Crippen molar-refractivity contribution >= 4 is 32.7 Å². The summed E-state index contributed by atoms with van der Waals surface area (Å²) in [5.74, 6) is 0.00620. The van der Waals surface area contributed by atoms with Crippen molar-refractivity contribution in [2.45, 2.75) is 63.8 Å². The average Bonchev–Trinajstić information content (AvgIpc) is 3.38. The Morgan fingerprint density at radius 3 is 2.25 bits per heavy atom. The van der Waals surface area contributed by atoms with Gasteiger partial charge in [-0.1, -0.05) is 93.8 Å². The number of carboxylic acids is 1. The maximum atomic E-state index is 13.9. The minimum Gasteiger partial charge on any atom is -0.478 e. The van der Waals surface area contributed by atoms with Gasteiger partial charge in [0.05, 0.1) is 27.2 Å². The molecule has 44 heavy (non-hydrogen) atoms. The minimum absolute atomic E-state index is 0.268. The second-order valence-electron chi connectivity index (χ2n) is 11.0. The molecular formula is C36H39N3O4S. The summed E-state index contributed by atoms with van der Waals surface area (Å²) in [6.45, 7) is 5.21. The van der Waals surface area contributed by atoms with Gasteiger partial charge in [-0.05, 0) is 65.9 Å². The van der Waals surface area contributed by atoms with Gasteiger partial charge in [0.1, 0.15) is 5.82 Å². The van der Waals surface area contributed by atoms with E-state index in [2.05, 4.69) is 18.4 Å². The SMILES string of the molecule is CCCCCN(c1ccc2nc(CCCC)n(Cc3ccc(-c4ccccc4C(=O)O)cc3)c2c1)S(=O)(=O)c1ccccc1. The molecule has 0 aliphatic heterocycles. The fraction of sp³-hybridized carbons (Fsp3) is 0.278. The summed E-state index contributed by atoms with van der Waals surface area (Å²) >= 11 is 0. The van der Waals surface area contributed by atoms with Crippen LogP contribution in [-0.2, 0) is 23.0 Å². The lowest BCUT2D eigenvalue weighted by Gasteiger charge is -2.25. The summed E-state index contributed by atoms with van der Waals surface area (Å²) in [6.07, 6.45) is 5.53. The Labute approximate surface area is 259 Å². The van der Waals surface area contributed by atoms with Crippen LogP contribution in [0, 0.1) is 0 Å². The molecule has 228 valence electrons. The first-order chi connectivity index (χ1) is 21.3. The molecule has 0 saturated carbocycles. The zero-order valence-electron chi connectivity index (χ0n) is 25.3. The molecule has 0 fully saturated rings. The second-order valence-corrected chi connectivity index (χ2v) is 12.9. The van der Waals surface area contributed by atoms with E-state index >= 15 is 0 Å². The molecule has 0 unspecified atom stereocenters. The molecule has 8 heteroatoms. The topological polar surface area (TPSA) is 92.5 Å². The predicted molar refractivity (Wildman–Crippen MR) is 177 cm³/mol. The van der Waals surface area contributed by atoms with Crippen molar-refractivity contribution in [3.63, 3.8) is 0 Å². The third-order valence-corrected chi connectivity index (χ3v) is 9.75. The largest absolute Gasteiger partial charge is 0.478 e. The van der Waals surface area contributed by atoms with Gasteiger partial charge in [-0.15, -0.1) is 0 Å². The van der Waals surface area contributed by atoms with Gasteiger partial charge in [-0.25, -0.2) is 18.2 Å². The highest BCUT2D eigenvalue weighted by atomic mass is 32.2. The van der Waals surface area contributed by atoms with E-state index in [0.717, 1.165) is 66.5 Å². The van der Waals surface area contributed by atoms with Crippen molar-refractivity contribution in [2.75, 3.05) is 10.8 Å². The molecule has 1 N–H and O–H groups in total. The molecule has 1 aromatic heterocycles. The maximum Gasteiger partial charge on any atom is 0.336 e. The number of hydrogen-bond donors (Lipinski definition) is 1. The Bertz CT molecular complexity index is 1830. The third-order valence-electron chi connectivity index (χ3n) is 7.91. The molecule has 0 saturated heterocycles. The van der Waals surface area contributed by atoms with Gasteiger partial charge in [-0.2, -0.15) is 0 Å². The van der Waals surface area contributed by atoms with E-state index in [-0.39, 0.29) is 10.5 Å². The highest BCUT2D eigenvalue weighted by Crippen LogP contribution is 2.30. The Morgan fingerprint density at radius 2 is 1.55 bits per heavy atom. The van der Waals surface area contributed by atoms with Gasteiger partial charge in [0.2, 0.25) is 0 Å². The van der Waals surface area contributed by atoms with Gasteiger partial charge in [0, 0.05) is 19.5 Å². The van der Waals surface area contributed by atoms with Gasteiger partial charge < -0.3 is 9.67 Å². The number of sulfonamides is 1. The number of carbonyl (C=O) groups is 1. The number of aryl methyl sites for hydroxylation is 1. The smallest absolute Gasteiger partial charge is 0.336 e. The summed E-state index contributed by atoms with van der Waals surface area (Å²) in [5, 5.41) is 9.64. The highest BCUT2D eigenvalue weighted by Gasteiger charge is 2.25. The van der Waals surface area contributed by atoms with E-state index in [1.165, 1.54) is 4.31 Å². The summed E-state index contributed by atoms with van der Waals surface area (Å²) < 4.78 is 31.5. The van der Waals surface area contributed by atoms with Crippen LogP contribution < -0.4 is 4.31 Å². The molecular weight excluding hydrogens is 570 g/mol. The van der Waals surface area contributed by atoms with Crippen LogP contribution in [-0.4, -0.2) is 35.6 Å². The lowest BCUT2D eigenvalue weighted by molar-refractivity contribution is 0.0697. The maximum absolute atomic E-state index is 13.9. The molecule has 4 aromatic carbocycles. The van der Waals surface area contributed by atoms with Crippen molar-refractivity contribution in [1.29, 1.82) is 0 Å². The quantitative estimate of drug-likeness (QED) is 0.128. The Hall–Kier alpha value is -4.43. The Morgan fingerprint density at radius 1 is 0.841 bits per heavy atom. The summed E-state index contributed by atoms with van der Waals surface area (Å²) in [6, 6.07) is 29.3. The van der Waals surface area contributed by atoms with Crippen LogP contribution in [0.2, 0.25) is 0 Å². The number of aromatic nitrogens is 2. The first-order valence-electron chi connectivity index (χ1n) is 15.3. The van der Waals surface area contributed by atoms with Crippen LogP contribution in [0.4, 0.5) is 5.69 Å². The first kappa shape index (κ1) is 31.0. The van der Waals surface area contributed by atoms with E-state index in [1.807, 2.05) is 60.7 Å². The summed E-state index contributed by atoms with van der Waals surface area (Å²) in [5.41, 5.74) is 5.17. The Balaban J connectivity index is 1.54. The second kappa shape index (κ2) is 13.9. The van der Waals surface area contributed by atoms with Crippen molar-refractivity contribution in [1.82, 2.24) is 9.55 Å². The van der Waals surface area contributed by atoms with E-state index in [1.54, 1.807) is 36.4 Å². The van der Waals surface area contributed by atoms with Crippen LogP contribution in [0.5, 0.6) is 0 Å². The highest BCUT2D eigenvalue weighted by molar-refractivity contribution is 7.92.